The van der Waals surface area contributed by atoms with Crippen LogP contribution in [-0.2, 0) is 32.0 Å². The molecule has 0 aliphatic rings. The molecule has 0 heterocycles. The van der Waals surface area contributed by atoms with E-state index in [4.69, 9.17) is 23.8 Å². The molecule has 0 unspecified atom stereocenters. The molecule has 1 amide bonds. The third kappa shape index (κ3) is 9.25. The quantitative estimate of drug-likeness (QED) is 0.418. The minimum atomic E-state index is -3.35. The molecule has 0 atom stereocenters. The Labute approximate surface area is 143 Å². The predicted molar refractivity (Wildman–Crippen MR) is 91.0 cm³/mol. The highest BCUT2D eigenvalue weighted by Crippen LogP contribution is 2.51. The molecule has 0 aliphatic carbocycles. The van der Waals surface area contributed by atoms with Gasteiger partial charge in [-0.25, -0.2) is 0 Å². The van der Waals surface area contributed by atoms with Crippen molar-refractivity contribution in [2.75, 3.05) is 60.6 Å². The van der Waals surface area contributed by atoms with Gasteiger partial charge in [-0.05, 0) is 13.0 Å². The lowest BCUT2D eigenvalue weighted by Gasteiger charge is -2.27. The van der Waals surface area contributed by atoms with Gasteiger partial charge < -0.3 is 29.1 Å². The first kappa shape index (κ1) is 23.7. The van der Waals surface area contributed by atoms with Crippen molar-refractivity contribution in [3.63, 3.8) is 0 Å². The Kier molecular flexibility index (Phi) is 12.0. The third-order valence-electron chi connectivity index (χ3n) is 3.20. The molecule has 12 heteroatoms. The topological polar surface area (TPSA) is 129 Å². The molecular weight excluding hydrogens is 360 g/mol. The zero-order valence-electron chi connectivity index (χ0n) is 14.7. The van der Waals surface area contributed by atoms with Gasteiger partial charge in [-0.3, -0.25) is 18.8 Å². The van der Waals surface area contributed by atoms with Crippen molar-refractivity contribution in [2.45, 2.75) is 12.8 Å². The second-order valence-electron chi connectivity index (χ2n) is 4.87. The van der Waals surface area contributed by atoms with Gasteiger partial charge in [0.05, 0.1) is 0 Å². The summed E-state index contributed by atoms with van der Waals surface area (Å²) >= 11 is 0. The SMILES string of the molecule is COP(=O)(CN(CCCC(=O)NCCN)CP(=O)(OC)OC)OC. The molecule has 0 saturated heterocycles. The van der Waals surface area contributed by atoms with Crippen LogP contribution >= 0.6 is 15.2 Å². The largest absolute Gasteiger partial charge is 0.355 e. The fraction of sp³-hybridized carbons (Fsp3) is 0.917. The lowest BCUT2D eigenvalue weighted by atomic mass is 10.3. The first-order valence-corrected chi connectivity index (χ1v) is 10.8. The molecule has 0 rings (SSSR count). The Hall–Kier alpha value is -0.310. The lowest BCUT2D eigenvalue weighted by molar-refractivity contribution is -0.121. The summed E-state index contributed by atoms with van der Waals surface area (Å²) in [5.74, 6) is -0.135. The highest BCUT2D eigenvalue weighted by molar-refractivity contribution is 7.54. The van der Waals surface area contributed by atoms with Gasteiger partial charge >= 0.3 is 15.2 Å². The van der Waals surface area contributed by atoms with Crippen molar-refractivity contribution >= 4 is 21.1 Å². The predicted octanol–water partition coefficient (Wildman–Crippen LogP) is 1.03. The van der Waals surface area contributed by atoms with Gasteiger partial charge in [-0.2, -0.15) is 0 Å². The van der Waals surface area contributed by atoms with Gasteiger partial charge in [0.2, 0.25) is 5.91 Å². The molecule has 3 N–H and O–H groups in total. The van der Waals surface area contributed by atoms with Crippen molar-refractivity contribution in [3.8, 4) is 0 Å². The Balaban J connectivity index is 4.78. The molecule has 0 spiro atoms. The van der Waals surface area contributed by atoms with E-state index in [0.717, 1.165) is 0 Å². The second-order valence-corrected chi connectivity index (χ2v) is 9.34. The van der Waals surface area contributed by atoms with Gasteiger partial charge in [-0.1, -0.05) is 0 Å². The first-order chi connectivity index (χ1) is 11.3. The zero-order valence-corrected chi connectivity index (χ0v) is 16.5. The number of nitrogens with two attached hydrogens (primary N) is 1. The van der Waals surface area contributed by atoms with Crippen LogP contribution in [0, 0.1) is 0 Å². The Bertz CT molecular complexity index is 420. The summed E-state index contributed by atoms with van der Waals surface area (Å²) in [6.45, 7) is 1.12. The van der Waals surface area contributed by atoms with E-state index in [1.165, 1.54) is 28.4 Å². The number of amides is 1. The molecule has 0 radical (unpaired) electrons. The van der Waals surface area contributed by atoms with E-state index in [2.05, 4.69) is 5.32 Å². The number of rotatable bonds is 14. The van der Waals surface area contributed by atoms with E-state index >= 15 is 0 Å². The van der Waals surface area contributed by atoms with Crippen LogP contribution in [0.15, 0.2) is 0 Å². The van der Waals surface area contributed by atoms with Crippen molar-refractivity contribution in [2.24, 2.45) is 5.73 Å². The molecule has 0 aromatic heterocycles. The smallest absolute Gasteiger partial charge is 0.344 e. The summed E-state index contributed by atoms with van der Waals surface area (Å²) in [6, 6.07) is 0. The lowest BCUT2D eigenvalue weighted by Crippen LogP contribution is -2.31. The maximum Gasteiger partial charge on any atom is 0.344 e. The average Bonchev–Trinajstić information content (AvgIpc) is 2.59. The zero-order chi connectivity index (χ0) is 18.6. The van der Waals surface area contributed by atoms with Crippen LogP contribution < -0.4 is 11.1 Å². The molecule has 0 aliphatic heterocycles. The number of hydrogen-bond acceptors (Lipinski definition) is 9. The Morgan fingerprint density at radius 1 is 1.00 bits per heavy atom. The molecule has 0 fully saturated rings. The second kappa shape index (κ2) is 12.1. The van der Waals surface area contributed by atoms with E-state index in [0.29, 0.717) is 26.1 Å². The van der Waals surface area contributed by atoms with Crippen LogP contribution in [0.4, 0.5) is 0 Å². The first-order valence-electron chi connectivity index (χ1n) is 7.38. The Morgan fingerprint density at radius 2 is 1.46 bits per heavy atom. The van der Waals surface area contributed by atoms with E-state index in [1.807, 2.05) is 0 Å². The number of carbonyl (C=O) groups excluding carboxylic acids is 1. The number of carbonyl (C=O) groups is 1. The van der Waals surface area contributed by atoms with Gasteiger partial charge in [0.1, 0.15) is 12.6 Å². The molecular formula is C12H29N3O7P2. The van der Waals surface area contributed by atoms with Gasteiger partial charge in [-0.15, -0.1) is 0 Å². The van der Waals surface area contributed by atoms with Gasteiger partial charge in [0.15, 0.2) is 0 Å². The van der Waals surface area contributed by atoms with Crippen LogP contribution in [0.5, 0.6) is 0 Å². The fourth-order valence-electron chi connectivity index (χ4n) is 1.82. The standard InChI is InChI=1S/C12H29N3O7P2/c1-19-23(17,20-2)10-15(11-24(18,21-3)22-4)9-5-6-12(16)14-8-7-13/h5-11,13H2,1-4H3,(H,14,16). The minimum Gasteiger partial charge on any atom is -0.355 e. The number of hydrogen-bond donors (Lipinski definition) is 2. The van der Waals surface area contributed by atoms with E-state index in [-0.39, 0.29) is 24.9 Å². The highest BCUT2D eigenvalue weighted by atomic mass is 31.2. The Morgan fingerprint density at radius 3 is 1.83 bits per heavy atom. The number of nitrogens with zero attached hydrogens (tertiary/aromatic N) is 1. The molecule has 10 nitrogen and oxygen atoms in total. The summed E-state index contributed by atoms with van der Waals surface area (Å²) in [7, 11) is -1.61. The van der Waals surface area contributed by atoms with Crippen molar-refractivity contribution < 1.29 is 32.0 Å². The molecule has 0 aromatic rings. The summed E-state index contributed by atoms with van der Waals surface area (Å²) in [5, 5.41) is 2.66. The number of nitrogens with one attached hydrogen (secondary N) is 1. The summed E-state index contributed by atoms with van der Waals surface area (Å²) in [5.41, 5.74) is 5.31. The van der Waals surface area contributed by atoms with E-state index in [9.17, 15) is 13.9 Å². The maximum absolute atomic E-state index is 12.3. The fourth-order valence-corrected chi connectivity index (χ4v) is 4.20. The summed E-state index contributed by atoms with van der Waals surface area (Å²) in [6.07, 6.45) is 0.518. The molecule has 0 saturated carbocycles. The normalized spacial score (nSPS) is 12.6. The van der Waals surface area contributed by atoms with Crippen LogP contribution in [0.25, 0.3) is 0 Å². The molecule has 0 aromatic carbocycles. The summed E-state index contributed by atoms with van der Waals surface area (Å²) < 4.78 is 44.3. The van der Waals surface area contributed by atoms with Gasteiger partial charge in [0, 0.05) is 47.9 Å². The third-order valence-corrected chi connectivity index (χ3v) is 6.92. The monoisotopic (exact) mass is 389 g/mol. The van der Waals surface area contributed by atoms with Crippen LogP contribution in [-0.4, -0.2) is 71.5 Å². The summed E-state index contributed by atoms with van der Waals surface area (Å²) in [4.78, 5) is 13.2. The van der Waals surface area contributed by atoms with Crippen LogP contribution in [0.2, 0.25) is 0 Å². The minimum absolute atomic E-state index is 0.0961. The maximum atomic E-state index is 12.3. The average molecular weight is 389 g/mol. The van der Waals surface area contributed by atoms with Gasteiger partial charge in [0.25, 0.3) is 0 Å². The molecule has 0 bridgehead atoms. The molecule has 144 valence electrons. The molecule has 24 heavy (non-hydrogen) atoms. The van der Waals surface area contributed by atoms with E-state index in [1.54, 1.807) is 4.90 Å². The van der Waals surface area contributed by atoms with Crippen molar-refractivity contribution in [1.82, 2.24) is 10.2 Å². The van der Waals surface area contributed by atoms with Crippen LogP contribution in [0.1, 0.15) is 12.8 Å². The highest BCUT2D eigenvalue weighted by Gasteiger charge is 2.31. The van der Waals surface area contributed by atoms with Crippen LogP contribution in [0.3, 0.4) is 0 Å². The van der Waals surface area contributed by atoms with Crippen molar-refractivity contribution in [3.05, 3.63) is 0 Å². The van der Waals surface area contributed by atoms with Crippen molar-refractivity contribution in [1.29, 1.82) is 0 Å². The van der Waals surface area contributed by atoms with E-state index < -0.39 is 15.2 Å².